The fraction of sp³-hybridized carbons (Fsp3) is 0.588. The fourth-order valence-corrected chi connectivity index (χ4v) is 7.11. The summed E-state index contributed by atoms with van der Waals surface area (Å²) in [6.07, 6.45) is 9.73. The van der Waals surface area contributed by atoms with Gasteiger partial charge in [0.1, 0.15) is 12.4 Å². The Labute approximate surface area is 255 Å². The van der Waals surface area contributed by atoms with Gasteiger partial charge in [-0.3, -0.25) is 14.5 Å². The summed E-state index contributed by atoms with van der Waals surface area (Å²) in [7, 11) is 0. The molecule has 0 radical (unpaired) electrons. The Kier molecular flexibility index (Phi) is 9.38. The number of carbonyl (C=O) groups is 2. The number of nitrogens with zero attached hydrogens (tertiary/aromatic N) is 5. The van der Waals surface area contributed by atoms with E-state index in [0.29, 0.717) is 30.4 Å². The zero-order valence-electron chi connectivity index (χ0n) is 25.8. The van der Waals surface area contributed by atoms with E-state index in [1.165, 1.54) is 19.3 Å². The summed E-state index contributed by atoms with van der Waals surface area (Å²) >= 11 is 0. The van der Waals surface area contributed by atoms with E-state index in [2.05, 4.69) is 36.9 Å². The molecule has 1 aliphatic carbocycles. The number of ether oxygens (including phenoxy) is 1. The molecular weight excluding hydrogens is 540 g/mol. The standard InChI is InChI=1S/C34H46N6O3/c1-24-6-8-26(9-7-24)33(41)37-31-20-28-23-36-32(43-19-18-38-15-4-3-5-16-38)21-30(28)40(31)29-12-10-27(11-13-29)34(42)39-17-14-35-22-25(39)2/h6-9,21,23,25,27,29,35H,3-5,10-20,22H2,1-2H3/t25-,27?,29?/m1/s1. The van der Waals surface area contributed by atoms with Crippen LogP contribution in [0.25, 0.3) is 0 Å². The van der Waals surface area contributed by atoms with Crippen molar-refractivity contribution in [2.45, 2.75) is 77.3 Å². The van der Waals surface area contributed by atoms with E-state index in [1.807, 2.05) is 43.5 Å². The number of aryl methyl sites for hydroxylation is 1. The maximum atomic E-state index is 13.4. The van der Waals surface area contributed by atoms with Crippen molar-refractivity contribution in [2.24, 2.45) is 10.9 Å². The second-order valence-corrected chi connectivity index (χ2v) is 12.7. The molecule has 1 N–H and O–H groups in total. The van der Waals surface area contributed by atoms with Crippen LogP contribution in [-0.4, -0.2) is 90.4 Å². The van der Waals surface area contributed by atoms with Crippen LogP contribution in [0.5, 0.6) is 5.88 Å². The Bertz CT molecular complexity index is 1310. The molecule has 0 unspecified atom stereocenters. The molecule has 1 aromatic carbocycles. The minimum atomic E-state index is -0.227. The van der Waals surface area contributed by atoms with Gasteiger partial charge in [0.05, 0.1) is 5.69 Å². The Morgan fingerprint density at radius 3 is 2.56 bits per heavy atom. The van der Waals surface area contributed by atoms with Crippen LogP contribution >= 0.6 is 0 Å². The summed E-state index contributed by atoms with van der Waals surface area (Å²) in [4.78, 5) is 42.8. The number of rotatable bonds is 7. The first-order valence-electron chi connectivity index (χ1n) is 16.3. The highest BCUT2D eigenvalue weighted by Crippen LogP contribution is 2.39. The predicted octanol–water partition coefficient (Wildman–Crippen LogP) is 4.24. The van der Waals surface area contributed by atoms with Crippen LogP contribution in [0.2, 0.25) is 0 Å². The monoisotopic (exact) mass is 586 g/mol. The number of likely N-dealkylation sites (tertiary alicyclic amines) is 1. The smallest absolute Gasteiger partial charge is 0.278 e. The highest BCUT2D eigenvalue weighted by atomic mass is 16.5. The average molecular weight is 587 g/mol. The maximum Gasteiger partial charge on any atom is 0.278 e. The second-order valence-electron chi connectivity index (χ2n) is 12.7. The molecule has 2 amide bonds. The van der Waals surface area contributed by atoms with E-state index in [1.54, 1.807) is 0 Å². The number of anilines is 1. The molecule has 3 aliphatic heterocycles. The largest absolute Gasteiger partial charge is 0.476 e. The number of fused-ring (bicyclic) bond motifs is 1. The fourth-order valence-electron chi connectivity index (χ4n) is 7.11. The maximum absolute atomic E-state index is 13.4. The third-order valence-electron chi connectivity index (χ3n) is 9.65. The zero-order valence-corrected chi connectivity index (χ0v) is 25.8. The molecule has 3 fully saturated rings. The van der Waals surface area contributed by atoms with E-state index >= 15 is 0 Å². The van der Waals surface area contributed by atoms with Crippen molar-refractivity contribution >= 4 is 23.3 Å². The number of benzene rings is 1. The first-order valence-corrected chi connectivity index (χ1v) is 16.3. The zero-order chi connectivity index (χ0) is 29.8. The summed E-state index contributed by atoms with van der Waals surface area (Å²) in [5.74, 6) is 1.50. The van der Waals surface area contributed by atoms with Crippen LogP contribution in [0.15, 0.2) is 41.5 Å². The summed E-state index contributed by atoms with van der Waals surface area (Å²) in [5.41, 5.74) is 3.79. The number of aliphatic imine (C=N–C) groups is 1. The minimum absolute atomic E-state index is 0.0552. The average Bonchev–Trinajstić information content (AvgIpc) is 3.39. The first kappa shape index (κ1) is 29.8. The van der Waals surface area contributed by atoms with Crippen molar-refractivity contribution in [3.05, 3.63) is 53.2 Å². The topological polar surface area (TPSA) is 90.4 Å². The molecule has 1 atom stereocenters. The van der Waals surface area contributed by atoms with Crippen molar-refractivity contribution < 1.29 is 14.3 Å². The van der Waals surface area contributed by atoms with Crippen LogP contribution in [0.1, 0.15) is 73.4 Å². The highest BCUT2D eigenvalue weighted by molar-refractivity contribution is 6.12. The Hall–Kier alpha value is -3.30. The van der Waals surface area contributed by atoms with Crippen LogP contribution in [0.3, 0.4) is 0 Å². The van der Waals surface area contributed by atoms with Gasteiger partial charge in [-0.2, -0.15) is 4.99 Å². The van der Waals surface area contributed by atoms with Gasteiger partial charge in [0, 0.05) is 74.0 Å². The minimum Gasteiger partial charge on any atom is -0.476 e. The molecule has 0 bridgehead atoms. The number of hydrogen-bond donors (Lipinski definition) is 1. The molecule has 2 aromatic rings. The quantitative estimate of drug-likeness (QED) is 0.519. The first-order chi connectivity index (χ1) is 21.0. The van der Waals surface area contributed by atoms with Gasteiger partial charge in [0.25, 0.3) is 5.91 Å². The van der Waals surface area contributed by atoms with Gasteiger partial charge in [-0.25, -0.2) is 4.98 Å². The molecule has 9 nitrogen and oxygen atoms in total. The number of piperidine rings is 1. The van der Waals surface area contributed by atoms with Crippen LogP contribution in [-0.2, 0) is 11.2 Å². The summed E-state index contributed by atoms with van der Waals surface area (Å²) in [5, 5.41) is 3.39. The van der Waals surface area contributed by atoms with E-state index < -0.39 is 0 Å². The molecule has 43 heavy (non-hydrogen) atoms. The van der Waals surface area contributed by atoms with Crippen molar-refractivity contribution in [3.8, 4) is 5.88 Å². The van der Waals surface area contributed by atoms with Gasteiger partial charge in [0.15, 0.2) is 0 Å². The molecule has 9 heteroatoms. The molecule has 0 spiro atoms. The van der Waals surface area contributed by atoms with Crippen LogP contribution in [0.4, 0.5) is 5.69 Å². The lowest BCUT2D eigenvalue weighted by Crippen LogP contribution is -2.54. The number of pyridine rings is 1. The second kappa shape index (κ2) is 13.6. The number of nitrogens with one attached hydrogen (secondary N) is 1. The summed E-state index contributed by atoms with van der Waals surface area (Å²) in [6.45, 7) is 10.4. The molecule has 4 aliphatic rings. The van der Waals surface area contributed by atoms with Crippen LogP contribution in [0, 0.1) is 12.8 Å². The lowest BCUT2D eigenvalue weighted by molar-refractivity contribution is -0.139. The number of piperazine rings is 1. The van der Waals surface area contributed by atoms with Crippen molar-refractivity contribution in [2.75, 3.05) is 50.8 Å². The molecule has 2 saturated heterocycles. The van der Waals surface area contributed by atoms with Crippen molar-refractivity contribution in [3.63, 3.8) is 0 Å². The number of aromatic nitrogens is 1. The highest BCUT2D eigenvalue weighted by Gasteiger charge is 2.38. The van der Waals surface area contributed by atoms with Gasteiger partial charge in [-0.1, -0.05) is 24.1 Å². The van der Waals surface area contributed by atoms with Crippen molar-refractivity contribution in [1.29, 1.82) is 0 Å². The third kappa shape index (κ3) is 6.93. The molecule has 4 heterocycles. The molecule has 6 rings (SSSR count). The lowest BCUT2D eigenvalue weighted by atomic mass is 9.84. The Balaban J connectivity index is 1.19. The lowest BCUT2D eigenvalue weighted by Gasteiger charge is -2.40. The normalized spacial score (nSPS) is 25.5. The SMILES string of the molecule is Cc1ccc(C(=O)N=C2Cc3cnc(OCCN4CCCCC4)cc3N2C2CCC(C(=O)N3CCNC[C@H]3C)CC2)cc1. The van der Waals surface area contributed by atoms with E-state index in [4.69, 9.17) is 4.74 Å². The van der Waals surface area contributed by atoms with Gasteiger partial charge < -0.3 is 19.9 Å². The number of hydrogen-bond acceptors (Lipinski definition) is 6. The van der Waals surface area contributed by atoms with Gasteiger partial charge in [-0.15, -0.1) is 0 Å². The predicted molar refractivity (Wildman–Crippen MR) is 169 cm³/mol. The number of amides is 2. The summed E-state index contributed by atoms with van der Waals surface area (Å²) in [6, 6.07) is 10.0. The molecule has 1 saturated carbocycles. The molecular formula is C34H46N6O3. The number of carbonyl (C=O) groups excluding carboxylic acids is 2. The van der Waals surface area contributed by atoms with Crippen molar-refractivity contribution in [1.82, 2.24) is 20.1 Å². The molecule has 230 valence electrons. The Morgan fingerprint density at radius 2 is 1.81 bits per heavy atom. The summed E-state index contributed by atoms with van der Waals surface area (Å²) < 4.78 is 6.15. The van der Waals surface area contributed by atoms with Gasteiger partial charge in [0.2, 0.25) is 11.8 Å². The van der Waals surface area contributed by atoms with E-state index in [-0.39, 0.29) is 23.9 Å². The molecule has 1 aromatic heterocycles. The van der Waals surface area contributed by atoms with Gasteiger partial charge in [-0.05, 0) is 77.6 Å². The van der Waals surface area contributed by atoms with E-state index in [9.17, 15) is 9.59 Å². The van der Waals surface area contributed by atoms with Crippen LogP contribution < -0.4 is 15.0 Å². The Morgan fingerprint density at radius 1 is 1.05 bits per heavy atom. The third-order valence-corrected chi connectivity index (χ3v) is 9.65. The van der Waals surface area contributed by atoms with Gasteiger partial charge >= 0.3 is 0 Å². The number of amidine groups is 1. The van der Waals surface area contributed by atoms with E-state index in [0.717, 1.165) is 87.6 Å².